The van der Waals surface area contributed by atoms with E-state index in [-0.39, 0.29) is 12.3 Å². The number of thiophene rings is 1. The van der Waals surface area contributed by atoms with Gasteiger partial charge in [0.2, 0.25) is 0 Å². The number of amides is 1. The maximum absolute atomic E-state index is 12.7. The summed E-state index contributed by atoms with van der Waals surface area (Å²) in [7, 11) is 0. The minimum atomic E-state index is -5.08. The molecule has 3 aromatic rings. The van der Waals surface area contributed by atoms with Gasteiger partial charge in [-0.25, -0.2) is 9.59 Å². The third-order valence-electron chi connectivity index (χ3n) is 5.08. The Morgan fingerprint density at radius 1 is 0.895 bits per heavy atom. The van der Waals surface area contributed by atoms with Crippen molar-refractivity contribution >= 4 is 52.4 Å². The minimum Gasteiger partial charge on any atom is -0.480 e. The monoisotopic (exact) mass is 590 g/mol. The summed E-state index contributed by atoms with van der Waals surface area (Å²) in [4.78, 5) is 34.4. The number of benzene rings is 2. The molecule has 1 aromatic heterocycles. The van der Waals surface area contributed by atoms with Crippen LogP contribution in [0.3, 0.4) is 0 Å². The van der Waals surface area contributed by atoms with Crippen molar-refractivity contribution < 1.29 is 37.8 Å². The van der Waals surface area contributed by atoms with E-state index in [4.69, 9.17) is 38.8 Å². The van der Waals surface area contributed by atoms with E-state index < -0.39 is 30.1 Å². The van der Waals surface area contributed by atoms with Gasteiger partial charge < -0.3 is 21.3 Å². The molecule has 0 fully saturated rings. The van der Waals surface area contributed by atoms with Crippen LogP contribution in [0.5, 0.6) is 0 Å². The Labute approximate surface area is 230 Å². The average Bonchev–Trinajstić information content (AvgIpc) is 3.33. The van der Waals surface area contributed by atoms with Crippen molar-refractivity contribution in [3.63, 3.8) is 0 Å². The summed E-state index contributed by atoms with van der Waals surface area (Å²) in [5.74, 6) is -4.36. The molecular weight excluding hydrogens is 568 g/mol. The number of hydrogen-bond acceptors (Lipinski definition) is 5. The first-order chi connectivity index (χ1) is 17.8. The van der Waals surface area contributed by atoms with Gasteiger partial charge in [-0.05, 0) is 66.9 Å². The highest BCUT2D eigenvalue weighted by Gasteiger charge is 2.38. The van der Waals surface area contributed by atoms with E-state index in [1.165, 1.54) is 11.3 Å². The van der Waals surface area contributed by atoms with Crippen molar-refractivity contribution in [1.29, 1.82) is 0 Å². The van der Waals surface area contributed by atoms with Crippen LogP contribution in [0.25, 0.3) is 0 Å². The van der Waals surface area contributed by atoms with Crippen LogP contribution in [0.1, 0.15) is 44.4 Å². The number of nitrogens with two attached hydrogens (primary N) is 1. The highest BCUT2D eigenvalue weighted by molar-refractivity contribution is 7.14. The number of rotatable bonds is 9. The number of alkyl halides is 3. The molecular formula is C25H23Cl2F3N2O5S. The molecule has 13 heteroatoms. The van der Waals surface area contributed by atoms with Crippen LogP contribution < -0.4 is 11.1 Å². The van der Waals surface area contributed by atoms with Gasteiger partial charge in [-0.2, -0.15) is 13.2 Å². The molecule has 0 unspecified atom stereocenters. The predicted octanol–water partition coefficient (Wildman–Crippen LogP) is 5.79. The fraction of sp³-hybridized carbons (Fsp3) is 0.240. The van der Waals surface area contributed by atoms with E-state index in [1.54, 1.807) is 6.07 Å². The first-order valence-electron chi connectivity index (χ1n) is 11.0. The first-order valence-corrected chi connectivity index (χ1v) is 12.5. The molecule has 38 heavy (non-hydrogen) atoms. The minimum absolute atomic E-state index is 0.117. The number of hydrogen-bond donors (Lipinski definition) is 4. The van der Waals surface area contributed by atoms with E-state index in [0.717, 1.165) is 16.0 Å². The maximum atomic E-state index is 12.7. The number of halogens is 5. The zero-order valence-corrected chi connectivity index (χ0v) is 21.9. The molecule has 204 valence electrons. The Bertz CT molecular complexity index is 1190. The summed E-state index contributed by atoms with van der Waals surface area (Å²) in [5.41, 5.74) is 7.51. The molecule has 3 rings (SSSR count). The summed E-state index contributed by atoms with van der Waals surface area (Å²) in [5, 5.41) is 20.4. The Morgan fingerprint density at radius 2 is 1.37 bits per heavy atom. The van der Waals surface area contributed by atoms with Crippen LogP contribution in [0.4, 0.5) is 13.2 Å². The van der Waals surface area contributed by atoms with Crippen LogP contribution in [-0.4, -0.2) is 46.8 Å². The molecule has 0 aliphatic carbocycles. The van der Waals surface area contributed by atoms with Gasteiger partial charge in [-0.1, -0.05) is 47.5 Å². The van der Waals surface area contributed by atoms with Crippen molar-refractivity contribution in [3.8, 4) is 0 Å². The van der Waals surface area contributed by atoms with Gasteiger partial charge in [0.15, 0.2) is 0 Å². The second-order valence-corrected chi connectivity index (χ2v) is 9.82. The Hall–Kier alpha value is -3.12. The number of carboxylic acid groups (broad SMARTS) is 2. The summed E-state index contributed by atoms with van der Waals surface area (Å²) < 4.78 is 31.7. The largest absolute Gasteiger partial charge is 0.490 e. The Morgan fingerprint density at radius 3 is 1.76 bits per heavy atom. The lowest BCUT2D eigenvalue weighted by atomic mass is 9.90. The quantitative estimate of drug-likeness (QED) is 0.249. The van der Waals surface area contributed by atoms with E-state index in [0.29, 0.717) is 27.9 Å². The first kappa shape index (κ1) is 31.1. The molecule has 0 saturated carbocycles. The molecule has 0 aliphatic heterocycles. The van der Waals surface area contributed by atoms with Gasteiger partial charge in [0, 0.05) is 20.8 Å². The van der Waals surface area contributed by atoms with E-state index in [2.05, 4.69) is 5.32 Å². The van der Waals surface area contributed by atoms with Crippen molar-refractivity contribution in [2.24, 2.45) is 5.73 Å². The molecule has 1 heterocycles. The second-order valence-electron chi connectivity index (χ2n) is 7.84. The van der Waals surface area contributed by atoms with Crippen LogP contribution in [-0.2, 0) is 9.59 Å². The number of carboxylic acids is 2. The summed E-state index contributed by atoms with van der Waals surface area (Å²) in [6, 6.07) is 17.8. The van der Waals surface area contributed by atoms with Crippen LogP contribution in [0, 0.1) is 0 Å². The van der Waals surface area contributed by atoms with Crippen molar-refractivity contribution in [1.82, 2.24) is 5.32 Å². The topological polar surface area (TPSA) is 130 Å². The van der Waals surface area contributed by atoms with Crippen LogP contribution >= 0.6 is 34.5 Å². The molecule has 0 saturated heterocycles. The van der Waals surface area contributed by atoms with Crippen molar-refractivity contribution in [2.45, 2.75) is 31.0 Å². The molecule has 0 bridgehead atoms. The van der Waals surface area contributed by atoms with Gasteiger partial charge >= 0.3 is 18.1 Å². The molecule has 0 radical (unpaired) electrons. The lowest BCUT2D eigenvalue weighted by Gasteiger charge is -2.17. The molecule has 2 aromatic carbocycles. The zero-order valence-electron chi connectivity index (χ0n) is 19.5. The second kappa shape index (κ2) is 14.1. The SMILES string of the molecule is NCCC[C@H](NC(=O)c1ccc(C(c2ccc(Cl)cc2)c2ccc(Cl)cc2)s1)C(=O)O.O=C(O)C(F)(F)F. The summed E-state index contributed by atoms with van der Waals surface area (Å²) in [6.45, 7) is 0.368. The number of nitrogens with one attached hydrogen (secondary N) is 1. The lowest BCUT2D eigenvalue weighted by Crippen LogP contribution is -2.40. The van der Waals surface area contributed by atoms with E-state index >= 15 is 0 Å². The molecule has 0 aliphatic rings. The van der Waals surface area contributed by atoms with Gasteiger partial charge in [0.05, 0.1) is 4.88 Å². The number of carbonyl (C=O) groups excluding carboxylic acids is 1. The third-order valence-corrected chi connectivity index (χ3v) is 6.74. The lowest BCUT2D eigenvalue weighted by molar-refractivity contribution is -0.192. The Balaban J connectivity index is 0.000000638. The third kappa shape index (κ3) is 9.32. The van der Waals surface area contributed by atoms with E-state index in [1.807, 2.05) is 54.6 Å². The highest BCUT2D eigenvalue weighted by atomic mass is 35.5. The molecule has 7 nitrogen and oxygen atoms in total. The fourth-order valence-corrected chi connectivity index (χ4v) is 4.59. The van der Waals surface area contributed by atoms with Crippen LogP contribution in [0.15, 0.2) is 60.7 Å². The molecule has 1 atom stereocenters. The molecule has 1 amide bonds. The average molecular weight is 591 g/mol. The summed E-state index contributed by atoms with van der Waals surface area (Å²) >= 11 is 13.5. The number of carbonyl (C=O) groups is 3. The molecule has 0 spiro atoms. The fourth-order valence-electron chi connectivity index (χ4n) is 3.27. The van der Waals surface area contributed by atoms with Crippen LogP contribution in [0.2, 0.25) is 10.0 Å². The van der Waals surface area contributed by atoms with Gasteiger partial charge in [0.25, 0.3) is 5.91 Å². The predicted molar refractivity (Wildman–Crippen MR) is 139 cm³/mol. The normalized spacial score (nSPS) is 11.9. The zero-order chi connectivity index (χ0) is 28.5. The van der Waals surface area contributed by atoms with Crippen molar-refractivity contribution in [3.05, 3.63) is 91.6 Å². The van der Waals surface area contributed by atoms with Crippen molar-refractivity contribution in [2.75, 3.05) is 6.54 Å². The van der Waals surface area contributed by atoms with E-state index in [9.17, 15) is 27.9 Å². The number of aliphatic carboxylic acids is 2. The standard InChI is InChI=1S/C23H22Cl2N2O3S.C2HF3O2/c24-16-7-3-14(4-8-16)21(15-5-9-17(25)10-6-15)19-11-12-20(31-19)22(28)27-18(23(29)30)2-1-13-26;3-2(4,5)1(6)7/h3-12,18,21H,1-2,13,26H2,(H,27,28)(H,29,30);(H,6,7)/t18-;/m0./s1. The van der Waals surface area contributed by atoms with Gasteiger partial charge in [0.1, 0.15) is 6.04 Å². The Kier molecular flexibility index (Phi) is 11.6. The summed E-state index contributed by atoms with van der Waals surface area (Å²) in [6.07, 6.45) is -4.28. The molecule has 5 N–H and O–H groups in total. The highest BCUT2D eigenvalue weighted by Crippen LogP contribution is 2.37. The maximum Gasteiger partial charge on any atom is 0.490 e. The van der Waals surface area contributed by atoms with Gasteiger partial charge in [-0.3, -0.25) is 4.79 Å². The van der Waals surface area contributed by atoms with Gasteiger partial charge in [-0.15, -0.1) is 11.3 Å². The smallest absolute Gasteiger partial charge is 0.480 e.